The summed E-state index contributed by atoms with van der Waals surface area (Å²) in [5.74, 6) is 0. The maximum absolute atomic E-state index is 4.29. The van der Waals surface area contributed by atoms with Crippen LogP contribution < -0.4 is 10.2 Å². The zero-order valence-electron chi connectivity index (χ0n) is 13.8. The van der Waals surface area contributed by atoms with Crippen molar-refractivity contribution in [3.8, 4) is 0 Å². The van der Waals surface area contributed by atoms with Crippen molar-refractivity contribution >= 4 is 5.69 Å². The zero-order chi connectivity index (χ0) is 15.1. The topological polar surface area (TPSA) is 31.4 Å². The molecule has 1 saturated heterocycles. The molecule has 1 unspecified atom stereocenters. The van der Waals surface area contributed by atoms with Gasteiger partial charge in [0.15, 0.2) is 0 Å². The van der Waals surface area contributed by atoms with Crippen molar-refractivity contribution in [2.75, 3.05) is 38.1 Å². The van der Waals surface area contributed by atoms with Crippen molar-refractivity contribution < 1.29 is 0 Å². The summed E-state index contributed by atoms with van der Waals surface area (Å²) >= 11 is 0. The van der Waals surface area contributed by atoms with Gasteiger partial charge in [0.1, 0.15) is 0 Å². The van der Waals surface area contributed by atoms with Crippen LogP contribution in [0.1, 0.15) is 38.7 Å². The number of hydrogen-bond donors (Lipinski definition) is 1. The summed E-state index contributed by atoms with van der Waals surface area (Å²) in [5, 5.41) is 3.48. The summed E-state index contributed by atoms with van der Waals surface area (Å²) < 4.78 is 0. The molecule has 0 aromatic carbocycles. The lowest BCUT2D eigenvalue weighted by Crippen LogP contribution is -2.39. The van der Waals surface area contributed by atoms with Crippen LogP contribution in [0.15, 0.2) is 18.5 Å². The Hall–Kier alpha value is -1.13. The number of hydrogen-bond acceptors (Lipinski definition) is 4. The van der Waals surface area contributed by atoms with Crippen molar-refractivity contribution in [1.29, 1.82) is 0 Å². The molecule has 0 amide bonds. The van der Waals surface area contributed by atoms with Crippen LogP contribution in [-0.2, 0) is 6.54 Å². The second-order valence-electron chi connectivity index (χ2n) is 5.99. The molecule has 2 rings (SSSR count). The molecule has 0 spiro atoms. The number of nitrogens with one attached hydrogen (secondary N) is 1. The number of likely N-dealkylation sites (N-methyl/N-ethyl adjacent to an activating group) is 2. The lowest BCUT2D eigenvalue weighted by atomic mass is 10.1. The largest absolute Gasteiger partial charge is 0.373 e. The molecule has 1 fully saturated rings. The number of likely N-dealkylation sites (tertiary alicyclic amines) is 1. The maximum atomic E-state index is 4.29. The Bertz CT molecular complexity index is 421. The molecule has 0 radical (unpaired) electrons. The first-order chi connectivity index (χ1) is 10.3. The zero-order valence-corrected chi connectivity index (χ0v) is 13.8. The lowest BCUT2D eigenvalue weighted by molar-refractivity contribution is 0.270. The minimum absolute atomic E-state index is 0.699. The van der Waals surface area contributed by atoms with Gasteiger partial charge in [0.05, 0.1) is 0 Å². The predicted octanol–water partition coefficient (Wildman–Crippen LogP) is 2.50. The Labute approximate surface area is 129 Å². The molecule has 4 heteroatoms. The first-order valence-corrected chi connectivity index (χ1v) is 8.35. The van der Waals surface area contributed by atoms with Gasteiger partial charge in [-0.3, -0.25) is 9.88 Å². The Kier molecular flexibility index (Phi) is 6.46. The van der Waals surface area contributed by atoms with Crippen molar-refractivity contribution in [2.24, 2.45) is 0 Å². The summed E-state index contributed by atoms with van der Waals surface area (Å²) in [7, 11) is 2.21. The first kappa shape index (κ1) is 16.2. The molecule has 1 aliphatic heterocycles. The van der Waals surface area contributed by atoms with Crippen LogP contribution >= 0.6 is 0 Å². The fourth-order valence-corrected chi connectivity index (χ4v) is 3.26. The molecule has 0 aliphatic carbocycles. The van der Waals surface area contributed by atoms with E-state index in [9.17, 15) is 0 Å². The van der Waals surface area contributed by atoms with E-state index in [1.54, 1.807) is 0 Å². The smallest absolute Gasteiger partial charge is 0.0440 e. The molecule has 4 nitrogen and oxygen atoms in total. The van der Waals surface area contributed by atoms with E-state index >= 15 is 0 Å². The second kappa shape index (κ2) is 8.35. The molecule has 118 valence electrons. The lowest BCUT2D eigenvalue weighted by Gasteiger charge is -2.30. The Morgan fingerprint density at radius 3 is 3.05 bits per heavy atom. The van der Waals surface area contributed by atoms with Crippen molar-refractivity contribution in [3.05, 3.63) is 24.0 Å². The molecule has 1 atom stereocenters. The van der Waals surface area contributed by atoms with Crippen LogP contribution in [0.4, 0.5) is 5.69 Å². The van der Waals surface area contributed by atoms with Crippen LogP contribution in [0, 0.1) is 0 Å². The van der Waals surface area contributed by atoms with Gasteiger partial charge in [0.25, 0.3) is 0 Å². The van der Waals surface area contributed by atoms with E-state index < -0.39 is 0 Å². The van der Waals surface area contributed by atoms with Gasteiger partial charge in [-0.2, -0.15) is 0 Å². The molecule has 1 aliphatic rings. The number of pyridine rings is 1. The average molecular weight is 290 g/mol. The number of rotatable bonds is 8. The first-order valence-electron chi connectivity index (χ1n) is 8.35. The van der Waals surface area contributed by atoms with Crippen LogP contribution in [0.3, 0.4) is 0 Å². The summed E-state index contributed by atoms with van der Waals surface area (Å²) in [5.41, 5.74) is 2.62. The summed E-state index contributed by atoms with van der Waals surface area (Å²) in [6.07, 6.45) is 7.74. The molecule has 1 N–H and O–H groups in total. The highest BCUT2D eigenvalue weighted by molar-refractivity contribution is 5.51. The fourth-order valence-electron chi connectivity index (χ4n) is 3.26. The van der Waals surface area contributed by atoms with Gasteiger partial charge in [-0.05, 0) is 45.0 Å². The molecule has 0 saturated carbocycles. The van der Waals surface area contributed by atoms with E-state index in [0.717, 1.165) is 19.6 Å². The molecule has 1 aromatic rings. The molecule has 1 aromatic heterocycles. The van der Waals surface area contributed by atoms with Crippen molar-refractivity contribution in [3.63, 3.8) is 0 Å². The molecular weight excluding hydrogens is 260 g/mol. The summed E-state index contributed by atoms with van der Waals surface area (Å²) in [4.78, 5) is 9.30. The monoisotopic (exact) mass is 290 g/mol. The quantitative estimate of drug-likeness (QED) is 0.746. The third-order valence-corrected chi connectivity index (χ3v) is 4.42. The Morgan fingerprint density at radius 1 is 1.43 bits per heavy atom. The van der Waals surface area contributed by atoms with E-state index in [4.69, 9.17) is 0 Å². The minimum Gasteiger partial charge on any atom is -0.373 e. The van der Waals surface area contributed by atoms with Gasteiger partial charge in [-0.15, -0.1) is 0 Å². The number of aromatic nitrogens is 1. The van der Waals surface area contributed by atoms with Crippen LogP contribution in [-0.4, -0.2) is 49.2 Å². The summed E-state index contributed by atoms with van der Waals surface area (Å²) in [6, 6.07) is 2.85. The van der Waals surface area contributed by atoms with Gasteiger partial charge < -0.3 is 10.2 Å². The summed E-state index contributed by atoms with van der Waals surface area (Å²) in [6.45, 7) is 9.97. The minimum atomic E-state index is 0.699. The SMILES string of the molecule is CCCNCc1cnccc1N(C)CC1CCCN1CC. The standard InChI is InChI=1S/C17H30N4/c1-4-9-18-12-15-13-19-10-8-17(15)20(3)14-16-7-6-11-21(16)5-2/h8,10,13,16,18H,4-7,9,11-12,14H2,1-3H3. The highest BCUT2D eigenvalue weighted by Crippen LogP contribution is 2.22. The highest BCUT2D eigenvalue weighted by atomic mass is 15.2. The van der Waals surface area contributed by atoms with Crippen LogP contribution in [0.25, 0.3) is 0 Å². The second-order valence-corrected chi connectivity index (χ2v) is 5.99. The Balaban J connectivity index is 1.99. The average Bonchev–Trinajstić information content (AvgIpc) is 2.95. The van der Waals surface area contributed by atoms with E-state index in [1.165, 1.54) is 43.6 Å². The molecule has 0 bridgehead atoms. The molecular formula is C17H30N4. The predicted molar refractivity (Wildman–Crippen MR) is 89.8 cm³/mol. The van der Waals surface area contributed by atoms with E-state index in [0.29, 0.717) is 6.04 Å². The van der Waals surface area contributed by atoms with Crippen molar-refractivity contribution in [2.45, 2.75) is 45.7 Å². The fraction of sp³-hybridized carbons (Fsp3) is 0.706. The third-order valence-electron chi connectivity index (χ3n) is 4.42. The number of nitrogens with zero attached hydrogens (tertiary/aromatic N) is 3. The van der Waals surface area contributed by atoms with Crippen LogP contribution in [0.5, 0.6) is 0 Å². The van der Waals surface area contributed by atoms with Gasteiger partial charge >= 0.3 is 0 Å². The number of anilines is 1. The van der Waals surface area contributed by atoms with Gasteiger partial charge in [0, 0.05) is 49.8 Å². The van der Waals surface area contributed by atoms with Crippen molar-refractivity contribution in [1.82, 2.24) is 15.2 Å². The van der Waals surface area contributed by atoms with Crippen LogP contribution in [0.2, 0.25) is 0 Å². The van der Waals surface area contributed by atoms with E-state index in [1.807, 2.05) is 12.4 Å². The Morgan fingerprint density at radius 2 is 2.29 bits per heavy atom. The van der Waals surface area contributed by atoms with E-state index in [2.05, 4.69) is 47.1 Å². The van der Waals surface area contributed by atoms with Gasteiger partial charge in [-0.1, -0.05) is 13.8 Å². The highest BCUT2D eigenvalue weighted by Gasteiger charge is 2.24. The third kappa shape index (κ3) is 4.42. The molecule has 2 heterocycles. The van der Waals surface area contributed by atoms with E-state index in [-0.39, 0.29) is 0 Å². The normalized spacial score (nSPS) is 19.1. The van der Waals surface area contributed by atoms with Gasteiger partial charge in [-0.25, -0.2) is 0 Å². The maximum Gasteiger partial charge on any atom is 0.0440 e. The molecule has 21 heavy (non-hydrogen) atoms. The van der Waals surface area contributed by atoms with Gasteiger partial charge in [0.2, 0.25) is 0 Å².